The van der Waals surface area contributed by atoms with Crippen molar-refractivity contribution in [1.29, 1.82) is 0 Å². The fraction of sp³-hybridized carbons (Fsp3) is 0.122. The number of aromatic nitrogens is 3. The first-order chi connectivity index (χ1) is 28.1. The Kier molecular flexibility index (Phi) is 7.07. The minimum absolute atomic E-state index is 0.0349. The Labute approximate surface area is 328 Å². The minimum atomic E-state index is -1.54. The Morgan fingerprint density at radius 2 is 1.19 bits per heavy atom. The van der Waals surface area contributed by atoms with Gasteiger partial charge in [0.25, 0.3) is 11.8 Å². The number of anilines is 1. The van der Waals surface area contributed by atoms with Gasteiger partial charge in [0, 0.05) is 39.8 Å². The Hall–Kier alpha value is -7.19. The van der Waals surface area contributed by atoms with Crippen LogP contribution in [0, 0.1) is 0 Å². The number of fused-ring (bicyclic) bond motifs is 1. The van der Waals surface area contributed by atoms with Crippen LogP contribution in [0.2, 0.25) is 0 Å². The van der Waals surface area contributed by atoms with Gasteiger partial charge < -0.3 is 9.47 Å². The number of amides is 2. The monoisotopic (exact) mass is 742 g/mol. The normalized spacial score (nSPS) is 20.3. The highest BCUT2D eigenvalue weighted by Crippen LogP contribution is 2.73. The van der Waals surface area contributed by atoms with E-state index in [0.29, 0.717) is 63.3 Å². The van der Waals surface area contributed by atoms with E-state index in [0.717, 1.165) is 39.4 Å². The number of nitrogens with zero attached hydrogens (tertiary/aromatic N) is 4. The molecule has 8 heteroatoms. The zero-order valence-corrected chi connectivity index (χ0v) is 31.2. The molecule has 3 aliphatic heterocycles. The topological polar surface area (TPSA) is 94.5 Å². The molecule has 2 amide bonds. The molecule has 0 N–H and O–H groups in total. The molecule has 2 unspecified atom stereocenters. The second-order valence-electron chi connectivity index (χ2n) is 14.5. The molecular weight excluding hydrogens is 709 g/mol. The summed E-state index contributed by atoms with van der Waals surface area (Å²) in [7, 11) is 0. The number of imide groups is 1. The van der Waals surface area contributed by atoms with Crippen molar-refractivity contribution < 1.29 is 19.1 Å². The lowest BCUT2D eigenvalue weighted by atomic mass is 9.54. The highest BCUT2D eigenvalue weighted by Gasteiger charge is 2.80. The summed E-state index contributed by atoms with van der Waals surface area (Å²) in [6, 6.07) is 43.0. The minimum Gasteiger partial charge on any atom is -0.461 e. The summed E-state index contributed by atoms with van der Waals surface area (Å²) in [5.41, 5.74) is 3.08. The van der Waals surface area contributed by atoms with Gasteiger partial charge in [0.1, 0.15) is 33.8 Å². The number of hydrogen-bond donors (Lipinski definition) is 0. The predicted octanol–water partition coefficient (Wildman–Crippen LogP) is 10.3. The Bertz CT molecular complexity index is 2940. The number of para-hydroxylation sites is 1. The van der Waals surface area contributed by atoms with Gasteiger partial charge in [-0.15, -0.1) is 0 Å². The van der Waals surface area contributed by atoms with Gasteiger partial charge in [-0.25, -0.2) is 9.88 Å². The summed E-state index contributed by atoms with van der Waals surface area (Å²) in [6.07, 6.45) is 5.40. The van der Waals surface area contributed by atoms with Crippen molar-refractivity contribution in [3.8, 4) is 51.2 Å². The molecule has 12 rings (SSSR count). The third-order valence-electron chi connectivity index (χ3n) is 11.8. The maximum absolute atomic E-state index is 16.2. The van der Waals surface area contributed by atoms with Gasteiger partial charge in [0.15, 0.2) is 11.6 Å². The molecule has 7 aromatic rings. The highest BCUT2D eigenvalue weighted by atomic mass is 16.5. The van der Waals surface area contributed by atoms with Crippen molar-refractivity contribution in [1.82, 2.24) is 15.0 Å². The molecule has 0 saturated carbocycles. The molecule has 0 bridgehead atoms. The van der Waals surface area contributed by atoms with Gasteiger partial charge in [-0.3, -0.25) is 9.59 Å². The van der Waals surface area contributed by atoms with Crippen LogP contribution in [0.4, 0.5) is 5.95 Å². The van der Waals surface area contributed by atoms with Crippen LogP contribution >= 0.6 is 0 Å². The molecule has 4 heterocycles. The van der Waals surface area contributed by atoms with E-state index in [2.05, 4.69) is 18.2 Å². The van der Waals surface area contributed by atoms with Gasteiger partial charge in [0.05, 0.1) is 0 Å². The Balaban J connectivity index is 0.00000184. The molecule has 274 valence electrons. The first-order valence-electron chi connectivity index (χ1n) is 19.4. The van der Waals surface area contributed by atoms with Crippen LogP contribution in [0.3, 0.4) is 0 Å². The average Bonchev–Trinajstić information content (AvgIpc) is 3.68. The van der Waals surface area contributed by atoms with Gasteiger partial charge in [-0.1, -0.05) is 135 Å². The molecule has 2 atom stereocenters. The number of carbonyl (C=O) groups excluding carboxylic acids is 2. The third-order valence-corrected chi connectivity index (χ3v) is 11.8. The number of carbonyl (C=O) groups is 2. The molecule has 2 aliphatic carbocycles. The number of benzene rings is 6. The van der Waals surface area contributed by atoms with Crippen LogP contribution in [0.15, 0.2) is 157 Å². The van der Waals surface area contributed by atoms with E-state index in [-0.39, 0.29) is 5.95 Å². The molecule has 6 aromatic carbocycles. The average molecular weight is 743 g/mol. The van der Waals surface area contributed by atoms with Crippen LogP contribution in [-0.4, -0.2) is 26.8 Å². The zero-order chi connectivity index (χ0) is 38.5. The van der Waals surface area contributed by atoms with Crippen LogP contribution in [-0.2, 0) is 20.4 Å². The van der Waals surface area contributed by atoms with Crippen LogP contribution in [0.1, 0.15) is 43.4 Å². The lowest BCUT2D eigenvalue weighted by molar-refractivity contribution is -0.122. The second-order valence-corrected chi connectivity index (χ2v) is 14.5. The zero-order valence-electron chi connectivity index (χ0n) is 31.2. The molecular formula is C49H34N4O4. The van der Waals surface area contributed by atoms with Crippen molar-refractivity contribution in [2.24, 2.45) is 0 Å². The summed E-state index contributed by atoms with van der Waals surface area (Å²) < 4.78 is 13.3. The van der Waals surface area contributed by atoms with Gasteiger partial charge in [0.2, 0.25) is 5.95 Å². The lowest BCUT2D eigenvalue weighted by Gasteiger charge is -2.44. The fourth-order valence-electron chi connectivity index (χ4n) is 9.70. The van der Waals surface area contributed by atoms with E-state index in [4.69, 9.17) is 24.4 Å². The van der Waals surface area contributed by atoms with Crippen LogP contribution in [0.25, 0.3) is 44.7 Å². The largest absolute Gasteiger partial charge is 0.461 e. The van der Waals surface area contributed by atoms with E-state index in [1.165, 1.54) is 4.90 Å². The van der Waals surface area contributed by atoms with Crippen molar-refractivity contribution >= 4 is 28.5 Å². The molecule has 1 fully saturated rings. The van der Waals surface area contributed by atoms with Gasteiger partial charge >= 0.3 is 0 Å². The van der Waals surface area contributed by atoms with E-state index in [9.17, 15) is 0 Å². The maximum Gasteiger partial charge on any atom is 0.253 e. The summed E-state index contributed by atoms with van der Waals surface area (Å²) >= 11 is 0. The Morgan fingerprint density at radius 1 is 0.579 bits per heavy atom. The fourth-order valence-corrected chi connectivity index (χ4v) is 9.70. The number of ether oxygens (including phenoxy) is 2. The molecule has 57 heavy (non-hydrogen) atoms. The summed E-state index contributed by atoms with van der Waals surface area (Å²) in [6.45, 7) is 4.00. The van der Waals surface area contributed by atoms with E-state index in [1.54, 1.807) is 0 Å². The summed E-state index contributed by atoms with van der Waals surface area (Å²) in [4.78, 5) is 48.5. The van der Waals surface area contributed by atoms with Crippen LogP contribution in [0.5, 0.6) is 17.2 Å². The quantitative estimate of drug-likeness (QED) is 0.166. The first kappa shape index (κ1) is 33.2. The maximum atomic E-state index is 16.2. The molecule has 5 aliphatic rings. The molecule has 1 saturated heterocycles. The lowest BCUT2D eigenvalue weighted by Crippen LogP contribution is -2.53. The third kappa shape index (κ3) is 4.19. The first-order valence-corrected chi connectivity index (χ1v) is 19.4. The predicted molar refractivity (Wildman–Crippen MR) is 219 cm³/mol. The number of allylic oxidation sites excluding steroid dienone is 3. The van der Waals surface area contributed by atoms with Gasteiger partial charge in [-0.05, 0) is 52.6 Å². The summed E-state index contributed by atoms with van der Waals surface area (Å²) in [5.74, 6) is 2.11. The molecule has 1 aromatic heterocycles. The van der Waals surface area contributed by atoms with Gasteiger partial charge in [-0.2, -0.15) is 9.97 Å². The highest BCUT2D eigenvalue weighted by molar-refractivity contribution is 6.36. The van der Waals surface area contributed by atoms with Crippen molar-refractivity contribution in [3.05, 3.63) is 174 Å². The van der Waals surface area contributed by atoms with Crippen molar-refractivity contribution in [3.63, 3.8) is 0 Å². The SMILES string of the molecule is CC.O=C1N(c2nc(-c3ccccc3)nc(-c3cccc(-c4ccccc4)c3)n2)C(=O)C23c4ccccc4Oc4ccc5ccc6c(c5c42)C13C1=C(CCC=C1)O6. The second kappa shape index (κ2) is 12.2. The van der Waals surface area contributed by atoms with Crippen molar-refractivity contribution in [2.75, 3.05) is 4.90 Å². The number of rotatable bonds is 4. The molecule has 8 nitrogen and oxygen atoms in total. The smallest absolute Gasteiger partial charge is 0.253 e. The van der Waals surface area contributed by atoms with E-state index >= 15 is 9.59 Å². The number of hydrogen-bond acceptors (Lipinski definition) is 7. The van der Waals surface area contributed by atoms with Crippen molar-refractivity contribution in [2.45, 2.75) is 37.5 Å². The summed E-state index contributed by atoms with van der Waals surface area (Å²) in [5, 5.41) is 1.72. The van der Waals surface area contributed by atoms with E-state index < -0.39 is 22.6 Å². The molecule has 2 spiro atoms. The standard InChI is InChI=1S/C47H28N4O4.C2H6/c52-43-46-32-18-7-9-20-34(32)54-36-24-22-28-23-25-37-40(38(28)39(36)46)47(46,33-19-8-10-21-35(33)55-37)44(53)51(43)45-49-41(29-14-5-2-6-15-29)48-42(50-45)31-17-11-16-30(26-31)27-12-3-1-4-13-27;1-2/h1-9,11-20,22-26H,10,21H2;1-2H3. The van der Waals surface area contributed by atoms with E-state index in [1.807, 2.05) is 141 Å². The molecule has 0 radical (unpaired) electrons. The Morgan fingerprint density at radius 3 is 1.96 bits per heavy atom. The van der Waals surface area contributed by atoms with Crippen LogP contribution < -0.4 is 14.4 Å².